The van der Waals surface area contributed by atoms with E-state index in [1.807, 2.05) is 37.3 Å². The number of alkyl halides is 2. The molecule has 0 spiro atoms. The molecule has 14 atom stereocenters. The number of allylic oxidation sites excluding steroid dienone is 4. The molecule has 3 saturated heterocycles. The number of ketones is 2. The van der Waals surface area contributed by atoms with E-state index in [1.165, 1.54) is 30.4 Å². The van der Waals surface area contributed by atoms with Gasteiger partial charge in [0, 0.05) is 68.0 Å². The first-order chi connectivity index (χ1) is 41.3. The summed E-state index contributed by atoms with van der Waals surface area (Å²) in [6.45, 7) is 2.62. The molecule has 5 amide bonds. The average Bonchev–Trinajstić information content (AvgIpc) is 1.58. The van der Waals surface area contributed by atoms with Gasteiger partial charge in [-0.25, -0.2) is 23.2 Å². The lowest BCUT2D eigenvalue weighted by atomic mass is 9.43. The van der Waals surface area contributed by atoms with Crippen molar-refractivity contribution >= 4 is 70.3 Å². The van der Waals surface area contributed by atoms with Gasteiger partial charge in [-0.15, -0.1) is 5.06 Å². The van der Waals surface area contributed by atoms with Gasteiger partial charge < -0.3 is 65.2 Å². The van der Waals surface area contributed by atoms with Crippen LogP contribution in [0.3, 0.4) is 0 Å². The van der Waals surface area contributed by atoms with Crippen molar-refractivity contribution in [1.82, 2.24) is 10.4 Å². The molecule has 0 radical (unpaired) electrons. The number of rotatable bonds is 19. The smallest absolute Gasteiger partial charge is 0.411 e. The van der Waals surface area contributed by atoms with Crippen molar-refractivity contribution in [2.45, 2.75) is 127 Å². The number of imide groups is 1. The van der Waals surface area contributed by atoms with Crippen molar-refractivity contribution in [3.63, 3.8) is 0 Å². The molecule has 3 aromatic rings. The van der Waals surface area contributed by atoms with E-state index in [-0.39, 0.29) is 80.3 Å². The van der Waals surface area contributed by atoms with E-state index in [2.05, 4.69) is 20.9 Å². The molecule has 3 saturated carbocycles. The molecule has 3 aromatic carbocycles. The molecule has 10 rings (SSSR count). The van der Waals surface area contributed by atoms with Crippen LogP contribution in [0.4, 0.5) is 30.6 Å². The number of hydrogen-bond acceptors (Lipinski definition) is 19. The highest BCUT2D eigenvalue weighted by Gasteiger charge is 2.78. The minimum Gasteiger partial charge on any atom is -0.479 e. The number of Topliss-reactive ketones (excluding diaryl/α,β-unsaturated/α-hetero) is 1. The van der Waals surface area contributed by atoms with Crippen LogP contribution >= 0.6 is 0 Å². The number of nitrogens with one attached hydrogen (secondary N) is 3. The third-order valence-corrected chi connectivity index (χ3v) is 18.9. The number of benzene rings is 3. The number of nitrogens with zero attached hydrogens (tertiary/aromatic N) is 2. The zero-order chi connectivity index (χ0) is 62.5. The van der Waals surface area contributed by atoms with Crippen molar-refractivity contribution < 1.29 is 102 Å². The topological polar surface area (TPSA) is 354 Å². The summed E-state index contributed by atoms with van der Waals surface area (Å²) in [5, 5.41) is 71.3. The van der Waals surface area contributed by atoms with E-state index in [0.29, 0.717) is 30.1 Å². The third-order valence-electron chi connectivity index (χ3n) is 18.9. The summed E-state index contributed by atoms with van der Waals surface area (Å²) in [5.41, 5.74) is -2.98. The number of ether oxygens (including phenoxy) is 3. The molecule has 3 aliphatic heterocycles. The van der Waals surface area contributed by atoms with Gasteiger partial charge in [0.05, 0.1) is 23.6 Å². The molecule has 0 unspecified atom stereocenters. The van der Waals surface area contributed by atoms with E-state index in [1.54, 1.807) is 25.1 Å². The van der Waals surface area contributed by atoms with Gasteiger partial charge in [0.2, 0.25) is 18.1 Å². The number of halogens is 2. The summed E-state index contributed by atoms with van der Waals surface area (Å²) in [4.78, 5) is 120. The minimum atomic E-state index is -2.30. The molecule has 0 aromatic heterocycles. The SMILES string of the molecule is C[C@]12C=CC(=O)C=C1[C@@H](F)C[C@H]1[C@@H]3C[C@H]4CN(c5ccc(Cc6cccc(NC(=O)OCc7ccc(O[C@@H]8O[C@H](C(=O)O)[C@@H](O)[C@H](O)[C@H]8O)c(NC(=O)CCNC(=O)CCC(=O)ON8C(=O)CCC8=O)c7)c6)cc5)C[C@@]4(C(=O)CO)[C@@]3(C)C[C@H](O)[C@@]12F. The number of anilines is 3. The Hall–Kier alpha value is -8.01. The maximum atomic E-state index is 17.9. The monoisotopic (exact) mass is 1210 g/mol. The largest absolute Gasteiger partial charge is 0.479 e. The van der Waals surface area contributed by atoms with Crippen LogP contribution in [0.15, 0.2) is 90.5 Å². The highest BCUT2D eigenvalue weighted by atomic mass is 19.1. The molecule has 3 heterocycles. The average molecular weight is 1210 g/mol. The number of hydroxylamine groups is 2. The lowest BCUT2D eigenvalue weighted by Crippen LogP contribution is -2.69. The molecule has 7 aliphatic rings. The molecule has 24 nitrogen and oxygen atoms in total. The molecule has 464 valence electrons. The van der Waals surface area contributed by atoms with Crippen LogP contribution in [0.5, 0.6) is 5.75 Å². The van der Waals surface area contributed by atoms with Crippen LogP contribution < -0.4 is 25.6 Å². The minimum absolute atomic E-state index is 0.0229. The first-order valence-electron chi connectivity index (χ1n) is 28.6. The number of aliphatic carboxylic acids is 1. The fourth-order valence-corrected chi connectivity index (χ4v) is 14.5. The van der Waals surface area contributed by atoms with E-state index >= 15 is 8.78 Å². The molecule has 6 fully saturated rings. The second kappa shape index (κ2) is 24.3. The summed E-state index contributed by atoms with van der Waals surface area (Å²) in [6.07, 6.45) is -11.2. The number of amides is 5. The van der Waals surface area contributed by atoms with Crippen molar-refractivity contribution in [2.24, 2.45) is 34.0 Å². The highest BCUT2D eigenvalue weighted by Crippen LogP contribution is 2.74. The van der Waals surface area contributed by atoms with Gasteiger partial charge >= 0.3 is 18.0 Å². The van der Waals surface area contributed by atoms with Crippen molar-refractivity contribution in [1.29, 1.82) is 0 Å². The number of aliphatic hydroxyl groups excluding tert-OH is 5. The maximum Gasteiger partial charge on any atom is 0.411 e. The van der Waals surface area contributed by atoms with Gasteiger partial charge in [0.15, 0.2) is 23.3 Å². The Morgan fingerprint density at radius 2 is 1.54 bits per heavy atom. The van der Waals surface area contributed by atoms with Gasteiger partial charge in [0.1, 0.15) is 43.4 Å². The maximum absolute atomic E-state index is 17.9. The first kappa shape index (κ1) is 62.1. The molecule has 9 N–H and O–H groups in total. The number of aliphatic hydroxyl groups is 5. The number of carboxylic acid groups (broad SMARTS) is 1. The summed E-state index contributed by atoms with van der Waals surface area (Å²) in [7, 11) is 0. The van der Waals surface area contributed by atoms with Gasteiger partial charge in [-0.3, -0.25) is 34.1 Å². The number of hydrogen-bond donors (Lipinski definition) is 9. The van der Waals surface area contributed by atoms with Gasteiger partial charge in [-0.2, -0.15) is 0 Å². The lowest BCUT2D eigenvalue weighted by Gasteiger charge is -2.63. The van der Waals surface area contributed by atoms with Crippen LogP contribution in [0.1, 0.15) is 81.9 Å². The van der Waals surface area contributed by atoms with E-state index in [9.17, 15) is 73.8 Å². The van der Waals surface area contributed by atoms with E-state index in [4.69, 9.17) is 19.0 Å². The molecule has 4 aliphatic carbocycles. The van der Waals surface area contributed by atoms with Crippen LogP contribution in [0.2, 0.25) is 0 Å². The fourth-order valence-electron chi connectivity index (χ4n) is 14.5. The van der Waals surface area contributed by atoms with Crippen molar-refractivity contribution in [2.75, 3.05) is 41.8 Å². The zero-order valence-electron chi connectivity index (χ0n) is 47.4. The third kappa shape index (κ3) is 11.5. The first-order valence-corrected chi connectivity index (χ1v) is 28.6. The Balaban J connectivity index is 0.754. The number of carbonyl (C=O) groups is 9. The van der Waals surface area contributed by atoms with E-state index in [0.717, 1.165) is 22.9 Å². The Labute approximate surface area is 496 Å². The second-order valence-electron chi connectivity index (χ2n) is 23.8. The molecular weight excluding hydrogens is 1140 g/mol. The molecule has 26 heteroatoms. The van der Waals surface area contributed by atoms with Crippen LogP contribution in [-0.2, 0) is 65.7 Å². The van der Waals surface area contributed by atoms with Crippen molar-refractivity contribution in [3.05, 3.63) is 107 Å². The Bertz CT molecular complexity index is 3330. The van der Waals surface area contributed by atoms with Crippen LogP contribution in [0.25, 0.3) is 0 Å². The van der Waals surface area contributed by atoms with Gasteiger partial charge in [-0.05, 0) is 121 Å². The summed E-state index contributed by atoms with van der Waals surface area (Å²) in [6, 6.07) is 18.7. The quantitative estimate of drug-likeness (QED) is 0.0779. The van der Waals surface area contributed by atoms with Crippen LogP contribution in [-0.4, -0.2) is 164 Å². The summed E-state index contributed by atoms with van der Waals surface area (Å²) >= 11 is 0. The summed E-state index contributed by atoms with van der Waals surface area (Å²) < 4.78 is 50.6. The number of carboxylic acids is 1. The standard InChI is InChI=1S/C61H67F2N5O19/c1-58-18-16-37(70)24-40(58)41(62)25-39-38-23-34-27-67(30-60(34,45(72)28-69)59(38,2)26-44(71)61(39,58)63)36-9-6-31(7-10-36)20-32-4-3-5-35(21-32)65-57(83)84-29-33-8-11-43(85-56-53(80)51(78)52(79)54(86-56)55(81)82)42(22-33)66-47(74)17-19-64-46(73)12-15-50(77)87-68-48(75)13-14-49(68)76/h3-11,16,18,21-22,24,34,38-39,41,44,51-54,56,69,71,78-80H,12-15,17,19-20,23,25-30H2,1-2H3,(H,64,73)(H,65,83)(H,66,74)(H,81,82)/t34-,38-,39-,41-,44-,51-,52-,53+,54-,56+,58-,59-,60+,61-/m0/s1. The fraction of sp³-hybridized carbons (Fsp3) is 0.492. The Morgan fingerprint density at radius 1 is 0.816 bits per heavy atom. The van der Waals surface area contributed by atoms with Crippen molar-refractivity contribution in [3.8, 4) is 5.75 Å². The normalized spacial score (nSPS) is 32.2. The van der Waals surface area contributed by atoms with Gasteiger partial charge in [0.25, 0.3) is 11.8 Å². The molecule has 0 bridgehead atoms. The zero-order valence-corrected chi connectivity index (χ0v) is 47.4. The summed E-state index contributed by atoms with van der Waals surface area (Å²) in [5.74, 6) is -8.32. The molecule has 87 heavy (non-hydrogen) atoms. The lowest BCUT2D eigenvalue weighted by molar-refractivity contribution is -0.271. The van der Waals surface area contributed by atoms with Crippen LogP contribution in [0, 0.1) is 34.0 Å². The molecular formula is C61H67F2N5O19. The number of fused-ring (bicyclic) bond motifs is 7. The second-order valence-corrected chi connectivity index (χ2v) is 23.8. The Kier molecular flexibility index (Phi) is 17.3. The van der Waals surface area contributed by atoms with E-state index < -0.39 is 149 Å². The predicted molar refractivity (Wildman–Crippen MR) is 298 cm³/mol. The number of carbonyl (C=O) groups excluding carboxylic acids is 8. The van der Waals surface area contributed by atoms with Gasteiger partial charge in [-0.1, -0.05) is 43.3 Å². The highest BCUT2D eigenvalue weighted by molar-refractivity contribution is 6.02. The Morgan fingerprint density at radius 3 is 2.25 bits per heavy atom. The predicted octanol–water partition coefficient (Wildman–Crippen LogP) is 3.04.